The fourth-order valence-electron chi connectivity index (χ4n) is 4.49. The third-order valence-corrected chi connectivity index (χ3v) is 8.62. The maximum Gasteiger partial charge on any atom is 0.459 e. The van der Waals surface area contributed by atoms with Gasteiger partial charge in [-0.15, -0.1) is 0 Å². The van der Waals surface area contributed by atoms with Gasteiger partial charge in [0.15, 0.2) is 29.4 Å². The van der Waals surface area contributed by atoms with Crippen LogP contribution in [0.4, 0.5) is 16.2 Å². The molecule has 1 aromatic carbocycles. The molecule has 4 rings (SSSR count). The maximum atomic E-state index is 15.9. The minimum Gasteiger partial charge on any atom is -0.462 e. The number of para-hydroxylation sites is 1. The van der Waals surface area contributed by atoms with Crippen molar-refractivity contribution in [2.24, 2.45) is 5.92 Å². The van der Waals surface area contributed by atoms with Gasteiger partial charge in [0, 0.05) is 20.0 Å². The standard InChI is InChI=1S/C29H41FN7O8P/c1-16(2)25(39)34-28-32-23(36(7)8)21-24(33-28)37(15-31-21)26-20(30)22(38)29(6,44-26)14-42-46(41,45-19-12-10-9-11-13-19)35-18(5)27(40)43-17(3)4/h9-13,15-18,20,22,26,38H,14H2,1-8H3,(H,35,41)(H,32,33,34,39)/t18-,20+,22-,26+,29+,46-/m0/s1. The number of carbonyl (C=O) groups is 2. The highest BCUT2D eigenvalue weighted by molar-refractivity contribution is 7.52. The summed E-state index contributed by atoms with van der Waals surface area (Å²) >= 11 is 0. The lowest BCUT2D eigenvalue weighted by Crippen LogP contribution is -2.44. The highest BCUT2D eigenvalue weighted by Crippen LogP contribution is 2.48. The molecule has 1 saturated heterocycles. The SMILES string of the molecule is CC(C)OC(=O)[C@H](C)N[P@](=O)(OC[C@@]1(C)O[C@@H](n2cnc3c(N(C)C)nc(NC(=O)C(C)C)nc32)[C@H](F)[C@@H]1O)Oc1ccccc1. The number of alkyl halides is 1. The van der Waals surface area contributed by atoms with E-state index in [1.165, 1.54) is 36.9 Å². The molecule has 0 spiro atoms. The number of aliphatic hydroxyl groups is 1. The van der Waals surface area contributed by atoms with Gasteiger partial charge in [0.2, 0.25) is 11.9 Å². The molecule has 15 nitrogen and oxygen atoms in total. The fourth-order valence-corrected chi connectivity index (χ4v) is 6.08. The second-order valence-corrected chi connectivity index (χ2v) is 13.6. The summed E-state index contributed by atoms with van der Waals surface area (Å²) in [4.78, 5) is 39.7. The van der Waals surface area contributed by atoms with E-state index in [9.17, 15) is 19.3 Å². The molecule has 1 fully saturated rings. The van der Waals surface area contributed by atoms with Crippen LogP contribution in [0.1, 0.15) is 47.8 Å². The van der Waals surface area contributed by atoms with Crippen molar-refractivity contribution in [3.8, 4) is 5.75 Å². The zero-order valence-corrected chi connectivity index (χ0v) is 27.9. The second-order valence-electron chi connectivity index (χ2n) is 12.0. The van der Waals surface area contributed by atoms with E-state index in [1.807, 2.05) is 0 Å². The summed E-state index contributed by atoms with van der Waals surface area (Å²) in [7, 11) is -0.898. The monoisotopic (exact) mass is 665 g/mol. The Morgan fingerprint density at radius 1 is 1.17 bits per heavy atom. The molecule has 1 amide bonds. The molecule has 3 heterocycles. The summed E-state index contributed by atoms with van der Waals surface area (Å²) < 4.78 is 53.7. The summed E-state index contributed by atoms with van der Waals surface area (Å²) in [6.45, 7) is 8.97. The van der Waals surface area contributed by atoms with E-state index in [4.69, 9.17) is 18.5 Å². The first kappa shape index (κ1) is 35.2. The van der Waals surface area contributed by atoms with Crippen LogP contribution in [-0.2, 0) is 28.2 Å². The van der Waals surface area contributed by atoms with Crippen LogP contribution in [-0.4, -0.2) is 87.2 Å². The molecule has 2 aromatic heterocycles. The van der Waals surface area contributed by atoms with E-state index in [0.717, 1.165) is 0 Å². The lowest BCUT2D eigenvalue weighted by atomic mass is 9.99. The van der Waals surface area contributed by atoms with Gasteiger partial charge >= 0.3 is 13.7 Å². The first-order chi connectivity index (χ1) is 21.5. The quantitative estimate of drug-likeness (QED) is 0.178. The Hall–Kier alpha value is -3.69. The van der Waals surface area contributed by atoms with Crippen LogP contribution < -0.4 is 19.8 Å². The molecule has 46 heavy (non-hydrogen) atoms. The number of anilines is 2. The van der Waals surface area contributed by atoms with Crippen LogP contribution in [0.2, 0.25) is 0 Å². The number of aliphatic hydroxyl groups excluding tert-OH is 1. The number of nitrogens with one attached hydrogen (secondary N) is 2. The van der Waals surface area contributed by atoms with E-state index >= 15 is 4.39 Å². The zero-order valence-electron chi connectivity index (χ0n) is 27.0. The topological polar surface area (TPSA) is 179 Å². The number of carbonyl (C=O) groups excluding carboxylic acids is 2. The normalized spacial score (nSPS) is 23.3. The van der Waals surface area contributed by atoms with Crippen LogP contribution in [0.3, 0.4) is 0 Å². The van der Waals surface area contributed by atoms with Gasteiger partial charge in [-0.3, -0.25) is 24.0 Å². The van der Waals surface area contributed by atoms with Crippen LogP contribution >= 0.6 is 7.75 Å². The maximum absolute atomic E-state index is 15.9. The molecular weight excluding hydrogens is 624 g/mol. The average Bonchev–Trinajstić information content (AvgIpc) is 3.50. The Labute approximate surface area is 266 Å². The summed E-state index contributed by atoms with van der Waals surface area (Å²) in [5, 5.41) is 16.3. The third-order valence-electron chi connectivity index (χ3n) is 7.00. The molecule has 0 bridgehead atoms. The molecule has 1 aliphatic rings. The van der Waals surface area contributed by atoms with Crippen molar-refractivity contribution in [2.45, 2.75) is 77.8 Å². The van der Waals surface area contributed by atoms with E-state index < -0.39 is 56.6 Å². The van der Waals surface area contributed by atoms with Gasteiger partial charge in [-0.05, 0) is 39.8 Å². The molecule has 6 atom stereocenters. The second kappa shape index (κ2) is 14.0. The number of nitrogens with zero attached hydrogens (tertiary/aromatic N) is 5. The van der Waals surface area contributed by atoms with Crippen molar-refractivity contribution >= 4 is 42.6 Å². The van der Waals surface area contributed by atoms with Gasteiger partial charge < -0.3 is 24.0 Å². The minimum absolute atomic E-state index is 0.0214. The third kappa shape index (κ3) is 7.81. The van der Waals surface area contributed by atoms with Crippen LogP contribution in [0, 0.1) is 5.92 Å². The summed E-state index contributed by atoms with van der Waals surface area (Å²) in [6.07, 6.45) is -4.36. The molecule has 3 N–H and O–H groups in total. The largest absolute Gasteiger partial charge is 0.462 e. The number of hydrogen-bond donors (Lipinski definition) is 3. The van der Waals surface area contributed by atoms with Crippen LogP contribution in [0.25, 0.3) is 11.2 Å². The molecule has 0 aliphatic carbocycles. The van der Waals surface area contributed by atoms with Gasteiger partial charge in [-0.25, -0.2) is 13.9 Å². The average molecular weight is 666 g/mol. The lowest BCUT2D eigenvalue weighted by molar-refractivity contribution is -0.149. The Balaban J connectivity index is 1.62. The van der Waals surface area contributed by atoms with Crippen molar-refractivity contribution in [3.63, 3.8) is 0 Å². The Morgan fingerprint density at radius 3 is 2.46 bits per heavy atom. The predicted molar refractivity (Wildman–Crippen MR) is 167 cm³/mol. The van der Waals surface area contributed by atoms with Gasteiger partial charge in [-0.2, -0.15) is 15.1 Å². The Kier molecular flexibility index (Phi) is 10.7. The van der Waals surface area contributed by atoms with Gasteiger partial charge in [0.1, 0.15) is 23.5 Å². The van der Waals surface area contributed by atoms with E-state index in [2.05, 4.69) is 25.4 Å². The molecule has 3 aromatic rings. The first-order valence-electron chi connectivity index (χ1n) is 14.7. The number of amides is 1. The summed E-state index contributed by atoms with van der Waals surface area (Å²) in [6, 6.07) is 7.00. The first-order valence-corrected chi connectivity index (χ1v) is 16.3. The summed E-state index contributed by atoms with van der Waals surface area (Å²) in [5.74, 6) is -0.860. The lowest BCUT2D eigenvalue weighted by Gasteiger charge is -2.30. The molecule has 252 valence electrons. The summed E-state index contributed by atoms with van der Waals surface area (Å²) in [5.41, 5.74) is -1.32. The zero-order chi connectivity index (χ0) is 34.0. The fraction of sp³-hybridized carbons (Fsp3) is 0.552. The van der Waals surface area contributed by atoms with E-state index in [1.54, 1.807) is 64.9 Å². The van der Waals surface area contributed by atoms with Gasteiger partial charge in [0.25, 0.3) is 0 Å². The highest BCUT2D eigenvalue weighted by atomic mass is 31.2. The van der Waals surface area contributed by atoms with Crippen molar-refractivity contribution in [1.82, 2.24) is 24.6 Å². The number of imidazole rings is 1. The van der Waals surface area contributed by atoms with E-state index in [-0.39, 0.29) is 29.2 Å². The molecule has 0 radical (unpaired) electrons. The van der Waals surface area contributed by atoms with Crippen molar-refractivity contribution in [3.05, 3.63) is 36.7 Å². The van der Waals surface area contributed by atoms with Crippen LogP contribution in [0.15, 0.2) is 36.7 Å². The number of aromatic nitrogens is 4. The van der Waals surface area contributed by atoms with Gasteiger partial charge in [-0.1, -0.05) is 32.0 Å². The molecule has 0 saturated carbocycles. The number of rotatable bonds is 13. The minimum atomic E-state index is -4.35. The van der Waals surface area contributed by atoms with Gasteiger partial charge in [0.05, 0.1) is 19.0 Å². The number of ether oxygens (including phenoxy) is 2. The Bertz CT molecular complexity index is 1590. The predicted octanol–water partition coefficient (Wildman–Crippen LogP) is 3.61. The number of fused-ring (bicyclic) bond motifs is 1. The van der Waals surface area contributed by atoms with E-state index in [0.29, 0.717) is 11.3 Å². The van der Waals surface area contributed by atoms with Crippen LogP contribution in [0.5, 0.6) is 5.75 Å². The van der Waals surface area contributed by atoms with Crippen molar-refractivity contribution in [1.29, 1.82) is 0 Å². The number of halogens is 1. The van der Waals surface area contributed by atoms with Crippen molar-refractivity contribution < 1.29 is 42.2 Å². The number of hydrogen-bond acceptors (Lipinski definition) is 12. The number of esters is 1. The number of benzene rings is 1. The highest BCUT2D eigenvalue weighted by Gasteiger charge is 2.55. The smallest absolute Gasteiger partial charge is 0.459 e. The molecule has 0 unspecified atom stereocenters. The molecular formula is C29H41FN7O8P. The van der Waals surface area contributed by atoms with Crippen molar-refractivity contribution in [2.75, 3.05) is 30.9 Å². The Morgan fingerprint density at radius 2 is 1.85 bits per heavy atom. The molecule has 1 aliphatic heterocycles. The molecule has 17 heteroatoms.